The number of amides is 1. The Hall–Kier alpha value is -2.84. The monoisotopic (exact) mass is 439 g/mol. The molecule has 0 bridgehead atoms. The van der Waals surface area contributed by atoms with Crippen molar-refractivity contribution in [2.24, 2.45) is 0 Å². The van der Waals surface area contributed by atoms with Crippen LogP contribution in [0.1, 0.15) is 17.0 Å². The number of anilines is 1. The maximum absolute atomic E-state index is 12.9. The van der Waals surface area contributed by atoms with Crippen LogP contribution in [0.25, 0.3) is 0 Å². The van der Waals surface area contributed by atoms with Crippen LogP contribution in [-0.2, 0) is 17.6 Å². The number of aromatic nitrogens is 2. The molecule has 1 saturated heterocycles. The molecule has 1 fully saturated rings. The van der Waals surface area contributed by atoms with Crippen molar-refractivity contribution >= 4 is 22.6 Å². The summed E-state index contributed by atoms with van der Waals surface area (Å²) >= 11 is 1.47. The lowest BCUT2D eigenvalue weighted by Crippen LogP contribution is -2.48. The van der Waals surface area contributed by atoms with Gasteiger partial charge in [0.05, 0.1) is 6.42 Å². The number of halogens is 1. The van der Waals surface area contributed by atoms with Crippen LogP contribution >= 0.6 is 11.5 Å². The van der Waals surface area contributed by atoms with Crippen molar-refractivity contribution in [2.45, 2.75) is 12.8 Å². The number of hydrogen-bond donors (Lipinski definition) is 1. The van der Waals surface area contributed by atoms with E-state index in [0.717, 1.165) is 55.7 Å². The van der Waals surface area contributed by atoms with Gasteiger partial charge in [-0.3, -0.25) is 9.69 Å². The van der Waals surface area contributed by atoms with Crippen molar-refractivity contribution in [1.29, 1.82) is 0 Å². The first-order chi connectivity index (χ1) is 15.2. The summed E-state index contributed by atoms with van der Waals surface area (Å²) in [6, 6.07) is 16.3. The summed E-state index contributed by atoms with van der Waals surface area (Å²) < 4.78 is 17.5. The molecule has 3 aromatic rings. The van der Waals surface area contributed by atoms with Gasteiger partial charge in [0.1, 0.15) is 11.6 Å². The summed E-state index contributed by atoms with van der Waals surface area (Å²) in [7, 11) is 0. The zero-order valence-electron chi connectivity index (χ0n) is 17.3. The SMILES string of the molecule is O=C(Cc1ccc(F)cc1)NCCN1CCN(c2nc(Cc3ccccc3)ns2)CC1. The van der Waals surface area contributed by atoms with Gasteiger partial charge in [-0.15, -0.1) is 0 Å². The molecule has 1 aliphatic rings. The van der Waals surface area contributed by atoms with Gasteiger partial charge in [0.15, 0.2) is 0 Å². The minimum absolute atomic E-state index is 0.0370. The number of nitrogens with zero attached hydrogens (tertiary/aromatic N) is 4. The van der Waals surface area contributed by atoms with Gasteiger partial charge in [0.2, 0.25) is 11.0 Å². The number of nitrogens with one attached hydrogen (secondary N) is 1. The number of hydrogen-bond acceptors (Lipinski definition) is 6. The van der Waals surface area contributed by atoms with E-state index < -0.39 is 0 Å². The highest BCUT2D eigenvalue weighted by atomic mass is 32.1. The zero-order chi connectivity index (χ0) is 21.5. The molecule has 6 nitrogen and oxygen atoms in total. The van der Waals surface area contributed by atoms with Gasteiger partial charge in [0.25, 0.3) is 0 Å². The summed E-state index contributed by atoms with van der Waals surface area (Å²) in [5, 5.41) is 3.94. The fraction of sp³-hybridized carbons (Fsp3) is 0.348. The van der Waals surface area contributed by atoms with Crippen molar-refractivity contribution in [2.75, 3.05) is 44.2 Å². The van der Waals surface area contributed by atoms with Crippen molar-refractivity contribution in [3.05, 3.63) is 77.4 Å². The van der Waals surface area contributed by atoms with Gasteiger partial charge in [0, 0.05) is 57.2 Å². The highest BCUT2D eigenvalue weighted by molar-refractivity contribution is 7.09. The van der Waals surface area contributed by atoms with Crippen LogP contribution in [0.5, 0.6) is 0 Å². The van der Waals surface area contributed by atoms with Gasteiger partial charge >= 0.3 is 0 Å². The highest BCUT2D eigenvalue weighted by Crippen LogP contribution is 2.20. The third-order valence-electron chi connectivity index (χ3n) is 5.33. The van der Waals surface area contributed by atoms with Crippen LogP contribution in [-0.4, -0.2) is 59.4 Å². The van der Waals surface area contributed by atoms with E-state index in [0.29, 0.717) is 6.54 Å². The molecule has 4 rings (SSSR count). The summed E-state index contributed by atoms with van der Waals surface area (Å²) in [5.74, 6) is 0.548. The molecule has 2 heterocycles. The largest absolute Gasteiger partial charge is 0.355 e. The molecule has 0 spiro atoms. The second-order valence-electron chi connectivity index (χ2n) is 7.64. The Labute approximate surface area is 185 Å². The van der Waals surface area contributed by atoms with E-state index >= 15 is 0 Å². The predicted octanol–water partition coefficient (Wildman–Crippen LogP) is 2.75. The lowest BCUT2D eigenvalue weighted by molar-refractivity contribution is -0.120. The second kappa shape index (κ2) is 10.5. The molecule has 1 amide bonds. The number of piperazine rings is 1. The lowest BCUT2D eigenvalue weighted by Gasteiger charge is -2.34. The quantitative estimate of drug-likeness (QED) is 0.585. The molecule has 31 heavy (non-hydrogen) atoms. The average molecular weight is 440 g/mol. The molecule has 0 radical (unpaired) electrons. The topological polar surface area (TPSA) is 61.4 Å². The van der Waals surface area contributed by atoms with Crippen molar-refractivity contribution in [3.8, 4) is 0 Å². The lowest BCUT2D eigenvalue weighted by atomic mass is 10.1. The van der Waals surface area contributed by atoms with Crippen LogP contribution < -0.4 is 10.2 Å². The van der Waals surface area contributed by atoms with Crippen molar-refractivity contribution < 1.29 is 9.18 Å². The molecular formula is C23H26FN5OS. The van der Waals surface area contributed by atoms with E-state index in [9.17, 15) is 9.18 Å². The molecule has 1 aliphatic heterocycles. The number of carbonyl (C=O) groups excluding carboxylic acids is 1. The smallest absolute Gasteiger partial charge is 0.224 e. The van der Waals surface area contributed by atoms with E-state index in [4.69, 9.17) is 4.98 Å². The number of benzene rings is 2. The Morgan fingerprint density at radius 3 is 2.48 bits per heavy atom. The van der Waals surface area contributed by atoms with E-state index in [-0.39, 0.29) is 18.1 Å². The van der Waals surface area contributed by atoms with Gasteiger partial charge in [-0.25, -0.2) is 9.37 Å². The van der Waals surface area contributed by atoms with Crippen LogP contribution in [0.2, 0.25) is 0 Å². The molecule has 0 atom stereocenters. The minimum Gasteiger partial charge on any atom is -0.355 e. The molecule has 162 valence electrons. The van der Waals surface area contributed by atoms with Gasteiger partial charge < -0.3 is 10.2 Å². The Balaban J connectivity index is 1.16. The predicted molar refractivity (Wildman–Crippen MR) is 121 cm³/mol. The number of carbonyl (C=O) groups is 1. The maximum atomic E-state index is 12.9. The van der Waals surface area contributed by atoms with Crippen molar-refractivity contribution in [3.63, 3.8) is 0 Å². The summed E-state index contributed by atoms with van der Waals surface area (Å²) in [6.45, 7) is 5.11. The molecule has 0 saturated carbocycles. The second-order valence-corrected chi connectivity index (χ2v) is 8.37. The summed E-state index contributed by atoms with van der Waals surface area (Å²) in [5.41, 5.74) is 2.04. The highest BCUT2D eigenvalue weighted by Gasteiger charge is 2.20. The van der Waals surface area contributed by atoms with E-state index in [2.05, 4.69) is 31.6 Å². The molecule has 8 heteroatoms. The normalized spacial score (nSPS) is 14.5. The molecule has 1 aromatic heterocycles. The Morgan fingerprint density at radius 2 is 1.74 bits per heavy atom. The molecule has 0 aliphatic carbocycles. The van der Waals surface area contributed by atoms with E-state index in [1.807, 2.05) is 18.2 Å². The molecule has 1 N–H and O–H groups in total. The van der Waals surface area contributed by atoms with Gasteiger partial charge in [-0.05, 0) is 23.3 Å². The zero-order valence-corrected chi connectivity index (χ0v) is 18.2. The fourth-order valence-electron chi connectivity index (χ4n) is 3.59. The van der Waals surface area contributed by atoms with Crippen molar-refractivity contribution in [1.82, 2.24) is 19.6 Å². The third kappa shape index (κ3) is 6.32. The standard InChI is InChI=1S/C23H26FN5OS/c24-20-8-6-19(7-9-20)17-22(30)25-10-11-28-12-14-29(15-13-28)23-26-21(27-31-23)16-18-4-2-1-3-5-18/h1-9H,10-17H2,(H,25,30). The Bertz CT molecular complexity index is 971. The number of rotatable bonds is 8. The van der Waals surface area contributed by atoms with Gasteiger partial charge in [-0.1, -0.05) is 42.5 Å². The fourth-order valence-corrected chi connectivity index (χ4v) is 4.33. The van der Waals surface area contributed by atoms with Crippen LogP contribution in [0.15, 0.2) is 54.6 Å². The first-order valence-electron chi connectivity index (χ1n) is 10.5. The van der Waals surface area contributed by atoms with Crippen LogP contribution in [0.4, 0.5) is 9.52 Å². The van der Waals surface area contributed by atoms with E-state index in [1.54, 1.807) is 12.1 Å². The third-order valence-corrected chi connectivity index (χ3v) is 6.15. The maximum Gasteiger partial charge on any atom is 0.224 e. The van der Waals surface area contributed by atoms with Crippen LogP contribution in [0, 0.1) is 5.82 Å². The Morgan fingerprint density at radius 1 is 1.00 bits per heavy atom. The first kappa shape index (κ1) is 21.4. The van der Waals surface area contributed by atoms with Crippen LogP contribution in [0.3, 0.4) is 0 Å². The molecule has 0 unspecified atom stereocenters. The first-order valence-corrected chi connectivity index (χ1v) is 11.3. The Kier molecular flexibility index (Phi) is 7.22. The minimum atomic E-state index is -0.288. The summed E-state index contributed by atoms with van der Waals surface area (Å²) in [6.07, 6.45) is 1.03. The van der Waals surface area contributed by atoms with E-state index in [1.165, 1.54) is 29.2 Å². The molecular weight excluding hydrogens is 413 g/mol. The molecule has 2 aromatic carbocycles. The summed E-state index contributed by atoms with van der Waals surface area (Å²) in [4.78, 5) is 21.4. The average Bonchev–Trinajstić information content (AvgIpc) is 3.25. The van der Waals surface area contributed by atoms with Gasteiger partial charge in [-0.2, -0.15) is 4.37 Å².